The van der Waals surface area contributed by atoms with E-state index in [1.54, 1.807) is 0 Å². The molecule has 298 valence electrons. The molecule has 0 aromatic heterocycles. The predicted molar refractivity (Wildman–Crippen MR) is 209 cm³/mol. The van der Waals surface area contributed by atoms with Crippen LogP contribution in [0.4, 0.5) is 10.5 Å². The summed E-state index contributed by atoms with van der Waals surface area (Å²) in [5.74, 6) is -2.51. The van der Waals surface area contributed by atoms with Crippen molar-refractivity contribution in [1.29, 1.82) is 0 Å². The van der Waals surface area contributed by atoms with E-state index in [1.165, 1.54) is 18.1 Å². The first-order valence-corrected chi connectivity index (χ1v) is 20.7. The Hall–Kier alpha value is -4.43. The van der Waals surface area contributed by atoms with Crippen molar-refractivity contribution in [2.45, 2.75) is 107 Å². The number of sulfonamides is 1. The number of carbonyl (C=O) groups excluding carboxylic acids is 4. The fraction of sp³-hybridized carbons (Fsp3) is 0.561. The van der Waals surface area contributed by atoms with E-state index in [-0.39, 0.29) is 25.5 Å². The molecule has 0 radical (unpaired) electrons. The molecule has 2 aromatic rings. The Morgan fingerprint density at radius 3 is 2.22 bits per heavy atom. The van der Waals surface area contributed by atoms with Crippen molar-refractivity contribution in [3.63, 3.8) is 0 Å². The number of benzene rings is 2. The van der Waals surface area contributed by atoms with Gasteiger partial charge in [-0.3, -0.25) is 19.1 Å². The lowest BCUT2D eigenvalue weighted by atomic mass is 9.85. The lowest BCUT2D eigenvalue weighted by Gasteiger charge is -2.36. The minimum Gasteiger partial charge on any atom is -0.446 e. The van der Waals surface area contributed by atoms with Crippen LogP contribution in [-0.4, -0.2) is 93.9 Å². The van der Waals surface area contributed by atoms with Crippen LogP contribution >= 0.6 is 0 Å². The number of ether oxygens (including phenoxy) is 2. The Kier molecular flexibility index (Phi) is 11.2. The number of hydrogen-bond donors (Lipinski definition) is 3. The molecule has 6 rings (SSSR count). The van der Waals surface area contributed by atoms with Gasteiger partial charge in [0, 0.05) is 39.2 Å². The molecule has 0 unspecified atom stereocenters. The van der Waals surface area contributed by atoms with Crippen molar-refractivity contribution >= 4 is 39.5 Å². The average molecular weight is 778 g/mol. The third-order valence-corrected chi connectivity index (χ3v) is 13.4. The van der Waals surface area contributed by atoms with Crippen LogP contribution in [0.5, 0.6) is 0 Å². The summed E-state index contributed by atoms with van der Waals surface area (Å²) in [6.45, 7) is 9.23. The number of nitrogens with one attached hydrogen (secondary N) is 3. The zero-order valence-corrected chi connectivity index (χ0v) is 33.5. The molecule has 14 heteroatoms. The second-order valence-corrected chi connectivity index (χ2v) is 18.8. The lowest BCUT2D eigenvalue weighted by molar-refractivity contribution is -0.143. The van der Waals surface area contributed by atoms with Crippen molar-refractivity contribution in [1.82, 2.24) is 20.3 Å². The minimum atomic E-state index is -3.90. The van der Waals surface area contributed by atoms with Crippen LogP contribution in [0.3, 0.4) is 0 Å². The Bertz CT molecular complexity index is 1920. The molecule has 1 heterocycles. The van der Waals surface area contributed by atoms with Crippen molar-refractivity contribution < 1.29 is 37.1 Å². The molecule has 4 aliphatic rings. The van der Waals surface area contributed by atoms with Gasteiger partial charge in [-0.25, -0.2) is 13.2 Å². The molecular weight excluding hydrogens is 723 g/mol. The zero-order valence-electron chi connectivity index (χ0n) is 32.7. The zero-order chi connectivity index (χ0) is 39.9. The summed E-state index contributed by atoms with van der Waals surface area (Å²) in [5, 5.41) is 5.02. The van der Waals surface area contributed by atoms with E-state index in [4.69, 9.17) is 9.47 Å². The summed E-state index contributed by atoms with van der Waals surface area (Å²) in [7, 11) is 1.59. The molecule has 4 amide bonds. The van der Waals surface area contributed by atoms with Crippen LogP contribution in [0, 0.1) is 11.3 Å². The molecule has 3 aliphatic carbocycles. The van der Waals surface area contributed by atoms with Gasteiger partial charge in [0.2, 0.25) is 21.8 Å². The number of methoxy groups -OCH3 is 1. The number of carbonyl (C=O) groups is 4. The number of nitrogens with zero attached hydrogens (tertiary/aromatic N) is 2. The fourth-order valence-corrected chi connectivity index (χ4v) is 9.25. The average Bonchev–Trinajstić information content (AvgIpc) is 4.03. The first-order valence-electron chi connectivity index (χ1n) is 19.1. The van der Waals surface area contributed by atoms with Gasteiger partial charge in [-0.05, 0) is 79.2 Å². The highest BCUT2D eigenvalue weighted by Crippen LogP contribution is 2.47. The van der Waals surface area contributed by atoms with E-state index < -0.39 is 73.6 Å². The van der Waals surface area contributed by atoms with Crippen LogP contribution in [0.2, 0.25) is 0 Å². The maximum Gasteiger partial charge on any atom is 0.408 e. The molecule has 13 nitrogen and oxygen atoms in total. The summed E-state index contributed by atoms with van der Waals surface area (Å²) >= 11 is 0. The Morgan fingerprint density at radius 1 is 0.982 bits per heavy atom. The second-order valence-electron chi connectivity index (χ2n) is 16.8. The standard InChI is InChI=1S/C41H55N5O8S/c1-8-28-23-41(28,37(49)44-55(51,52)32-20-21-32)43-35(47)33-24-40(53-7,29-18-16-26(17-19-29)27-12-11-13-30(22-27)45(5)6)25-46(33)36(48)34(39(2,3)4)42-38(50)54-31-14-9-10-15-31/h8,11-13,16-19,22,28,31-34H,1,9-10,14-15,20-21,23-25H2,2-7H3,(H,42,50)(H,43,47)(H,44,49)/t28-,33+,34-,40+,41-/m1/s1. The van der Waals surface area contributed by atoms with E-state index in [1.807, 2.05) is 82.2 Å². The van der Waals surface area contributed by atoms with E-state index >= 15 is 0 Å². The smallest absolute Gasteiger partial charge is 0.408 e. The highest BCUT2D eigenvalue weighted by molar-refractivity contribution is 7.91. The number of amides is 4. The van der Waals surface area contributed by atoms with Gasteiger partial charge in [0.1, 0.15) is 29.3 Å². The molecule has 3 N–H and O–H groups in total. The summed E-state index contributed by atoms with van der Waals surface area (Å²) in [6, 6.07) is 13.7. The Labute approximate surface area is 324 Å². The number of rotatable bonds is 13. The first kappa shape index (κ1) is 40.2. The maximum absolute atomic E-state index is 14.8. The van der Waals surface area contributed by atoms with Crippen molar-refractivity contribution in [2.24, 2.45) is 11.3 Å². The number of alkyl carbamates (subject to hydrolysis) is 1. The van der Waals surface area contributed by atoms with Crippen LogP contribution in [0.25, 0.3) is 11.1 Å². The van der Waals surface area contributed by atoms with Gasteiger partial charge in [0.15, 0.2) is 0 Å². The maximum atomic E-state index is 14.8. The van der Waals surface area contributed by atoms with E-state index in [2.05, 4.69) is 28.0 Å². The monoisotopic (exact) mass is 777 g/mol. The van der Waals surface area contributed by atoms with E-state index in [0.29, 0.717) is 12.8 Å². The van der Waals surface area contributed by atoms with Crippen molar-refractivity contribution in [3.8, 4) is 11.1 Å². The van der Waals surface area contributed by atoms with E-state index in [0.717, 1.165) is 48.1 Å². The van der Waals surface area contributed by atoms with Crippen LogP contribution in [0.1, 0.15) is 77.7 Å². The summed E-state index contributed by atoms with van der Waals surface area (Å²) < 4.78 is 39.7. The fourth-order valence-electron chi connectivity index (χ4n) is 7.89. The molecule has 0 bridgehead atoms. The van der Waals surface area contributed by atoms with Gasteiger partial charge < -0.3 is 29.9 Å². The van der Waals surface area contributed by atoms with Crippen LogP contribution in [-0.2, 0) is 39.5 Å². The SMILES string of the molecule is C=C[C@@H]1C[C@]1(NC(=O)[C@@H]1C[C@@](OC)(c2ccc(-c3cccc(N(C)C)c3)cc2)CN1C(=O)[C@@H](NC(=O)OC1CCCC1)C(C)(C)C)C(=O)NS(=O)(=O)C1CC1. The first-order chi connectivity index (χ1) is 25.9. The quantitative estimate of drug-likeness (QED) is 0.247. The summed E-state index contributed by atoms with van der Waals surface area (Å²) in [6.07, 6.45) is 5.14. The van der Waals surface area contributed by atoms with Gasteiger partial charge >= 0.3 is 6.09 Å². The Morgan fingerprint density at radius 2 is 1.65 bits per heavy atom. The molecule has 55 heavy (non-hydrogen) atoms. The van der Waals surface area contributed by atoms with Gasteiger partial charge in [-0.15, -0.1) is 6.58 Å². The normalized spacial score (nSPS) is 25.8. The van der Waals surface area contributed by atoms with Gasteiger partial charge in [-0.1, -0.05) is 63.2 Å². The molecule has 1 saturated heterocycles. The second kappa shape index (κ2) is 15.2. The van der Waals surface area contributed by atoms with Crippen LogP contribution in [0.15, 0.2) is 61.2 Å². The minimum absolute atomic E-state index is 0.0245. The third-order valence-electron chi connectivity index (χ3n) is 11.6. The number of anilines is 1. The predicted octanol–water partition coefficient (Wildman–Crippen LogP) is 4.62. The highest BCUT2D eigenvalue weighted by Gasteiger charge is 2.62. The summed E-state index contributed by atoms with van der Waals surface area (Å²) in [5.41, 5.74) is 0.265. The molecule has 3 saturated carbocycles. The highest BCUT2D eigenvalue weighted by atomic mass is 32.2. The molecule has 1 aliphatic heterocycles. The number of likely N-dealkylation sites (tertiary alicyclic amines) is 1. The molecule has 5 atom stereocenters. The van der Waals surface area contributed by atoms with E-state index in [9.17, 15) is 27.6 Å². The van der Waals surface area contributed by atoms with Gasteiger partial charge in [0.25, 0.3) is 5.91 Å². The summed E-state index contributed by atoms with van der Waals surface area (Å²) in [4.78, 5) is 59.6. The van der Waals surface area contributed by atoms with Crippen molar-refractivity contribution in [3.05, 3.63) is 66.7 Å². The van der Waals surface area contributed by atoms with Crippen molar-refractivity contribution in [2.75, 3.05) is 32.6 Å². The molecular formula is C41H55N5O8S. The Balaban J connectivity index is 1.32. The van der Waals surface area contributed by atoms with Crippen LogP contribution < -0.4 is 20.3 Å². The lowest BCUT2D eigenvalue weighted by Crippen LogP contribution is -2.60. The largest absolute Gasteiger partial charge is 0.446 e. The van der Waals surface area contributed by atoms with Gasteiger partial charge in [0.05, 0.1) is 11.8 Å². The molecule has 2 aromatic carbocycles. The topological polar surface area (TPSA) is 163 Å². The number of hydrogen-bond acceptors (Lipinski definition) is 9. The van der Waals surface area contributed by atoms with Gasteiger partial charge in [-0.2, -0.15) is 0 Å². The molecule has 4 fully saturated rings. The molecule has 0 spiro atoms. The third kappa shape index (κ3) is 8.40.